The van der Waals surface area contributed by atoms with Gasteiger partial charge >= 0.3 is 5.97 Å². The summed E-state index contributed by atoms with van der Waals surface area (Å²) < 4.78 is 1.08. The molecule has 3 N–H and O–H groups in total. The summed E-state index contributed by atoms with van der Waals surface area (Å²) in [6.45, 7) is 4.34. The minimum Gasteiger partial charge on any atom is -0.477 e. The number of carboxylic acids is 1. The van der Waals surface area contributed by atoms with E-state index in [1.807, 2.05) is 0 Å². The van der Waals surface area contributed by atoms with Crippen molar-refractivity contribution in [3.63, 3.8) is 0 Å². The van der Waals surface area contributed by atoms with Crippen LogP contribution in [0.2, 0.25) is 0 Å². The van der Waals surface area contributed by atoms with Gasteiger partial charge in [0.25, 0.3) is 0 Å². The van der Waals surface area contributed by atoms with Crippen molar-refractivity contribution in [1.29, 1.82) is 0 Å². The maximum atomic E-state index is 12.1. The van der Waals surface area contributed by atoms with Crippen molar-refractivity contribution >= 4 is 21.9 Å². The summed E-state index contributed by atoms with van der Waals surface area (Å²) in [6, 6.07) is 4.36. The first kappa shape index (κ1) is 20.6. The van der Waals surface area contributed by atoms with Gasteiger partial charge in [-0.1, -0.05) is 15.9 Å². The van der Waals surface area contributed by atoms with Crippen LogP contribution >= 0.6 is 15.9 Å². The van der Waals surface area contributed by atoms with Gasteiger partial charge in [-0.2, -0.15) is 0 Å². The molecule has 0 saturated heterocycles. The number of hydrogen-bond acceptors (Lipinski definition) is 1. The smallest absolute Gasteiger partial charge is 0.352 e. The molecule has 2 aromatic heterocycles. The molecule has 1 aromatic carbocycles. The molecular weight excluding hydrogens is 452 g/mol. The van der Waals surface area contributed by atoms with Crippen LogP contribution in [0.4, 0.5) is 0 Å². The van der Waals surface area contributed by atoms with Crippen LogP contribution in [0.5, 0.6) is 0 Å². The van der Waals surface area contributed by atoms with Crippen molar-refractivity contribution < 1.29 is 9.90 Å². The Hall–Kier alpha value is -2.27. The van der Waals surface area contributed by atoms with Crippen molar-refractivity contribution in [3.05, 3.63) is 78.8 Å². The van der Waals surface area contributed by atoms with Crippen molar-refractivity contribution in [2.75, 3.05) is 0 Å². The van der Waals surface area contributed by atoms with Gasteiger partial charge in [-0.25, -0.2) is 4.79 Å². The number of hydrogen-bond donors (Lipinski definition) is 3. The lowest BCUT2D eigenvalue weighted by Crippen LogP contribution is -2.14. The van der Waals surface area contributed by atoms with Crippen molar-refractivity contribution in [3.8, 4) is 0 Å². The summed E-state index contributed by atoms with van der Waals surface area (Å²) in [5.41, 5.74) is 11.6. The zero-order chi connectivity index (χ0) is 21.7. The number of aryl methyl sites for hydroxylation is 3. The minimum absolute atomic E-state index is 0.00472. The van der Waals surface area contributed by atoms with Gasteiger partial charge in [-0.15, -0.1) is 0 Å². The largest absolute Gasteiger partial charge is 0.477 e. The average molecular weight is 481 g/mol. The van der Waals surface area contributed by atoms with E-state index in [0.29, 0.717) is 5.69 Å². The molecule has 2 heterocycles. The topological polar surface area (TPSA) is 68.9 Å². The zero-order valence-electron chi connectivity index (χ0n) is 18.2. The van der Waals surface area contributed by atoms with Crippen LogP contribution in [-0.4, -0.2) is 21.0 Å². The summed E-state index contributed by atoms with van der Waals surface area (Å²) in [5, 5.41) is 9.93. The van der Waals surface area contributed by atoms with E-state index >= 15 is 0 Å². The lowest BCUT2D eigenvalue weighted by molar-refractivity contribution is 0.0689. The monoisotopic (exact) mass is 480 g/mol. The number of carboxylic acid groups (broad SMARTS) is 1. The lowest BCUT2D eigenvalue weighted by atomic mass is 9.79. The summed E-state index contributed by atoms with van der Waals surface area (Å²) in [5.74, 6) is -0.851. The molecule has 0 bridgehead atoms. The van der Waals surface area contributed by atoms with Gasteiger partial charge in [-0.3, -0.25) is 0 Å². The maximum Gasteiger partial charge on any atom is 0.352 e. The number of H-pyrrole nitrogens is 2. The fourth-order valence-electron chi connectivity index (χ4n) is 5.91. The van der Waals surface area contributed by atoms with E-state index in [0.717, 1.165) is 54.3 Å². The van der Waals surface area contributed by atoms with Crippen molar-refractivity contribution in [1.82, 2.24) is 9.97 Å². The maximum absolute atomic E-state index is 12.1. The molecule has 0 spiro atoms. The number of nitrogens with one attached hydrogen (secondary N) is 2. The van der Waals surface area contributed by atoms with Crippen LogP contribution in [-0.2, 0) is 25.7 Å². The van der Waals surface area contributed by atoms with Gasteiger partial charge in [0.2, 0.25) is 0 Å². The number of aromatic nitrogens is 2. The van der Waals surface area contributed by atoms with Gasteiger partial charge in [0.15, 0.2) is 0 Å². The number of aromatic amines is 2. The van der Waals surface area contributed by atoms with Crippen LogP contribution in [0.3, 0.4) is 0 Å². The van der Waals surface area contributed by atoms with Gasteiger partial charge in [-0.05, 0) is 116 Å². The second-order valence-electron chi connectivity index (χ2n) is 9.18. The van der Waals surface area contributed by atoms with E-state index in [-0.39, 0.29) is 5.92 Å². The molecule has 5 rings (SSSR count). The van der Waals surface area contributed by atoms with Gasteiger partial charge in [0.1, 0.15) is 5.69 Å². The van der Waals surface area contributed by atoms with E-state index in [9.17, 15) is 9.90 Å². The molecule has 3 aromatic rings. The first-order valence-corrected chi connectivity index (χ1v) is 12.2. The fourth-order valence-corrected chi connectivity index (χ4v) is 6.60. The molecule has 0 aliphatic heterocycles. The van der Waals surface area contributed by atoms with E-state index in [4.69, 9.17) is 0 Å². The predicted molar refractivity (Wildman–Crippen MR) is 126 cm³/mol. The molecule has 1 unspecified atom stereocenters. The number of carbonyl (C=O) groups is 1. The van der Waals surface area contributed by atoms with Crippen LogP contribution < -0.4 is 0 Å². The highest BCUT2D eigenvalue weighted by molar-refractivity contribution is 9.10. The summed E-state index contributed by atoms with van der Waals surface area (Å²) in [4.78, 5) is 19.2. The average Bonchev–Trinajstić information content (AvgIpc) is 3.33. The van der Waals surface area contributed by atoms with Gasteiger partial charge in [0, 0.05) is 22.1 Å². The molecule has 0 saturated carbocycles. The molecule has 5 heteroatoms. The summed E-state index contributed by atoms with van der Waals surface area (Å²) in [7, 11) is 0. The van der Waals surface area contributed by atoms with E-state index in [1.165, 1.54) is 51.9 Å². The summed E-state index contributed by atoms with van der Waals surface area (Å²) >= 11 is 3.65. The Morgan fingerprint density at radius 3 is 2.23 bits per heavy atom. The Balaban J connectivity index is 1.79. The molecule has 2 aliphatic rings. The molecular formula is C26H29BrN2O2. The zero-order valence-corrected chi connectivity index (χ0v) is 19.8. The second kappa shape index (κ2) is 8.01. The lowest BCUT2D eigenvalue weighted by Gasteiger charge is -2.26. The predicted octanol–water partition coefficient (Wildman–Crippen LogP) is 6.36. The number of benzene rings is 1. The van der Waals surface area contributed by atoms with E-state index in [1.54, 1.807) is 0 Å². The quantitative estimate of drug-likeness (QED) is 0.406. The van der Waals surface area contributed by atoms with Crippen LogP contribution in [0.15, 0.2) is 22.8 Å². The molecule has 1 atom stereocenters. The molecule has 0 fully saturated rings. The Kier molecular flexibility index (Phi) is 5.33. The third-order valence-electron chi connectivity index (χ3n) is 7.23. The fraction of sp³-hybridized carbons (Fsp3) is 0.423. The molecule has 31 heavy (non-hydrogen) atoms. The number of halogens is 1. The number of aromatic carboxylic acids is 1. The van der Waals surface area contributed by atoms with Crippen molar-refractivity contribution in [2.24, 2.45) is 0 Å². The Morgan fingerprint density at radius 1 is 0.935 bits per heavy atom. The van der Waals surface area contributed by atoms with Gasteiger partial charge < -0.3 is 15.1 Å². The third-order valence-corrected chi connectivity index (χ3v) is 7.69. The highest BCUT2D eigenvalue weighted by Crippen LogP contribution is 2.43. The standard InChI is InChI=1S/C26H29BrN2O2/c1-14-11-17(27)12-15(2)21(14)22(23-18-8-4-3-7-16(18)13-28-23)24-19-9-5-6-10-20(19)25(29-24)26(30)31/h11-13,22,28-29H,3-10H2,1-2H3,(H,30,31). The molecule has 162 valence electrons. The normalized spacial score (nSPS) is 16.6. The molecule has 0 amide bonds. The Bertz CT molecular complexity index is 1150. The SMILES string of the molecule is Cc1cc(Br)cc(C)c1C(c1[nH]cc2c1CCCC2)c1[nH]c(C(=O)O)c2c1CCCC2. The van der Waals surface area contributed by atoms with Crippen LogP contribution in [0, 0.1) is 13.8 Å². The molecule has 4 nitrogen and oxygen atoms in total. The Morgan fingerprint density at radius 2 is 1.55 bits per heavy atom. The first-order valence-electron chi connectivity index (χ1n) is 11.4. The van der Waals surface area contributed by atoms with Crippen LogP contribution in [0.1, 0.15) is 92.4 Å². The molecule has 2 aliphatic carbocycles. The minimum atomic E-state index is -0.846. The first-order chi connectivity index (χ1) is 15.0. The highest BCUT2D eigenvalue weighted by Gasteiger charge is 2.33. The third kappa shape index (κ3) is 3.47. The summed E-state index contributed by atoms with van der Waals surface area (Å²) in [6.07, 6.45) is 10.8. The van der Waals surface area contributed by atoms with Crippen molar-refractivity contribution in [2.45, 2.75) is 71.1 Å². The number of rotatable bonds is 4. The van der Waals surface area contributed by atoms with Crippen LogP contribution in [0.25, 0.3) is 0 Å². The Labute approximate surface area is 191 Å². The van der Waals surface area contributed by atoms with Gasteiger partial charge in [0.05, 0.1) is 5.92 Å². The van der Waals surface area contributed by atoms with E-state index < -0.39 is 5.97 Å². The van der Waals surface area contributed by atoms with E-state index in [2.05, 4.69) is 58.1 Å². The highest BCUT2D eigenvalue weighted by atomic mass is 79.9. The number of fused-ring (bicyclic) bond motifs is 2. The second-order valence-corrected chi connectivity index (χ2v) is 10.1. The molecule has 0 radical (unpaired) electrons.